The van der Waals surface area contributed by atoms with Gasteiger partial charge in [-0.15, -0.1) is 5.10 Å². The molecule has 1 saturated heterocycles. The molecule has 0 spiro atoms. The molecule has 0 atom stereocenters. The van der Waals surface area contributed by atoms with Crippen molar-refractivity contribution < 1.29 is 15.0 Å². The number of nitrogens with zero attached hydrogens (tertiary/aromatic N) is 3. The molecule has 7 nitrogen and oxygen atoms in total. The lowest BCUT2D eigenvalue weighted by Crippen LogP contribution is -2.26. The quantitative estimate of drug-likeness (QED) is 0.403. The van der Waals surface area contributed by atoms with E-state index in [1.54, 1.807) is 23.0 Å². The lowest BCUT2D eigenvalue weighted by atomic mass is 9.89. The second-order valence-corrected chi connectivity index (χ2v) is 8.62. The predicted octanol–water partition coefficient (Wildman–Crippen LogP) is 4.26. The van der Waals surface area contributed by atoms with Gasteiger partial charge in [-0.25, -0.2) is 9.48 Å². The van der Waals surface area contributed by atoms with Crippen LogP contribution < -0.4 is 5.32 Å². The third-order valence-corrected chi connectivity index (χ3v) is 6.41. The Labute approximate surface area is 197 Å². The Bertz CT molecular complexity index is 1290. The van der Waals surface area contributed by atoms with Crippen molar-refractivity contribution in [3.8, 4) is 28.1 Å². The maximum absolute atomic E-state index is 11.8. The van der Waals surface area contributed by atoms with Crippen molar-refractivity contribution in [2.24, 2.45) is 0 Å². The molecule has 3 N–H and O–H groups in total. The van der Waals surface area contributed by atoms with Gasteiger partial charge in [-0.2, -0.15) is 0 Å². The highest BCUT2D eigenvalue weighted by Gasteiger charge is 2.16. The zero-order valence-corrected chi connectivity index (χ0v) is 18.7. The third-order valence-electron chi connectivity index (χ3n) is 6.41. The van der Waals surface area contributed by atoms with Crippen LogP contribution in [0.5, 0.6) is 0 Å². The van der Waals surface area contributed by atoms with Crippen LogP contribution in [-0.2, 0) is 6.61 Å². The number of rotatable bonds is 6. The van der Waals surface area contributed by atoms with Crippen LogP contribution in [0.4, 0.5) is 0 Å². The number of aromatic carboxylic acids is 1. The van der Waals surface area contributed by atoms with Gasteiger partial charge in [0.25, 0.3) is 0 Å². The monoisotopic (exact) mass is 454 g/mol. The number of aromatic nitrogens is 3. The van der Waals surface area contributed by atoms with Crippen molar-refractivity contribution in [3.05, 3.63) is 89.6 Å². The summed E-state index contributed by atoms with van der Waals surface area (Å²) in [5.74, 6) is -0.425. The van der Waals surface area contributed by atoms with Gasteiger partial charge in [0.1, 0.15) is 5.69 Å². The highest BCUT2D eigenvalue weighted by molar-refractivity contribution is 5.90. The van der Waals surface area contributed by atoms with E-state index in [2.05, 4.69) is 39.9 Å². The first-order valence-electron chi connectivity index (χ1n) is 11.4. The summed E-state index contributed by atoms with van der Waals surface area (Å²) < 4.78 is 1.59. The summed E-state index contributed by atoms with van der Waals surface area (Å²) >= 11 is 0. The number of carboxylic acids is 1. The standard InChI is InChI=1S/C27H26N4O3/c32-17-18-1-3-22(4-2-18)26-16-31(30-29-26)25-14-23(13-24(15-25)27(33)34)20-7-5-19(6-8-20)21-9-11-28-12-10-21/h1-8,13-16,21,28,32H,9-12,17H2,(H,33,34). The molecule has 0 amide bonds. The molecule has 1 aliphatic rings. The number of piperidine rings is 1. The Morgan fingerprint density at radius 2 is 1.65 bits per heavy atom. The maximum Gasteiger partial charge on any atom is 0.335 e. The summed E-state index contributed by atoms with van der Waals surface area (Å²) in [6, 6.07) is 21.1. The van der Waals surface area contributed by atoms with Crippen molar-refractivity contribution in [2.45, 2.75) is 25.4 Å². The largest absolute Gasteiger partial charge is 0.478 e. The molecular weight excluding hydrogens is 428 g/mol. The number of aliphatic hydroxyl groups is 1. The van der Waals surface area contributed by atoms with Crippen LogP contribution in [0.25, 0.3) is 28.1 Å². The summed E-state index contributed by atoms with van der Waals surface area (Å²) in [6.45, 7) is 2.07. The molecule has 0 aliphatic carbocycles. The highest BCUT2D eigenvalue weighted by atomic mass is 16.4. The molecule has 0 saturated carbocycles. The molecular formula is C27H26N4O3. The third kappa shape index (κ3) is 4.62. The lowest BCUT2D eigenvalue weighted by Gasteiger charge is -2.23. The number of aliphatic hydroxyl groups excluding tert-OH is 1. The minimum absolute atomic E-state index is 0.0173. The fraction of sp³-hybridized carbons (Fsp3) is 0.222. The van der Waals surface area contributed by atoms with Crippen molar-refractivity contribution in [1.29, 1.82) is 0 Å². The Morgan fingerprint density at radius 1 is 0.941 bits per heavy atom. The van der Waals surface area contributed by atoms with Gasteiger partial charge in [0.15, 0.2) is 0 Å². The van der Waals surface area contributed by atoms with Crippen LogP contribution >= 0.6 is 0 Å². The fourth-order valence-electron chi connectivity index (χ4n) is 4.44. The molecule has 1 aliphatic heterocycles. The van der Waals surface area contributed by atoms with Gasteiger partial charge in [-0.1, -0.05) is 53.7 Å². The van der Waals surface area contributed by atoms with E-state index in [1.165, 1.54) is 5.56 Å². The summed E-state index contributed by atoms with van der Waals surface area (Å²) in [6.07, 6.45) is 4.05. The van der Waals surface area contributed by atoms with Crippen molar-refractivity contribution >= 4 is 5.97 Å². The summed E-state index contributed by atoms with van der Waals surface area (Å²) in [5.41, 5.74) is 6.28. The Hall–Kier alpha value is -3.81. The number of nitrogens with one attached hydrogen (secondary N) is 1. The van der Waals surface area contributed by atoms with Gasteiger partial charge >= 0.3 is 5.97 Å². The first-order valence-corrected chi connectivity index (χ1v) is 11.4. The molecule has 3 aromatic carbocycles. The first-order chi connectivity index (χ1) is 16.6. The molecule has 7 heteroatoms. The van der Waals surface area contributed by atoms with Crippen LogP contribution in [-0.4, -0.2) is 44.3 Å². The zero-order valence-electron chi connectivity index (χ0n) is 18.7. The molecule has 1 aromatic heterocycles. The smallest absolute Gasteiger partial charge is 0.335 e. The normalized spacial score (nSPS) is 14.3. The van der Waals surface area contributed by atoms with Gasteiger partial charge < -0.3 is 15.5 Å². The number of hydrogen-bond acceptors (Lipinski definition) is 5. The van der Waals surface area contributed by atoms with Gasteiger partial charge in [-0.3, -0.25) is 0 Å². The van der Waals surface area contributed by atoms with Crippen LogP contribution in [0.1, 0.15) is 40.2 Å². The van der Waals surface area contributed by atoms with Crippen LogP contribution in [0.15, 0.2) is 72.9 Å². The van der Waals surface area contributed by atoms with Crippen molar-refractivity contribution in [1.82, 2.24) is 20.3 Å². The molecule has 172 valence electrons. The molecule has 2 heterocycles. The predicted molar refractivity (Wildman–Crippen MR) is 130 cm³/mol. The molecule has 0 unspecified atom stereocenters. The van der Waals surface area contributed by atoms with Gasteiger partial charge in [-0.05, 0) is 72.3 Å². The molecule has 1 fully saturated rings. The van der Waals surface area contributed by atoms with Gasteiger partial charge in [0.2, 0.25) is 0 Å². The van der Waals surface area contributed by atoms with Crippen molar-refractivity contribution in [2.75, 3.05) is 13.1 Å². The Balaban J connectivity index is 1.46. The zero-order chi connectivity index (χ0) is 23.5. The summed E-state index contributed by atoms with van der Waals surface area (Å²) in [7, 11) is 0. The van der Waals surface area contributed by atoms with Gasteiger partial charge in [0, 0.05) is 5.56 Å². The van der Waals surface area contributed by atoms with E-state index in [9.17, 15) is 15.0 Å². The molecule has 0 bridgehead atoms. The first kappa shape index (κ1) is 22.0. The topological polar surface area (TPSA) is 100 Å². The van der Waals surface area contributed by atoms with Crippen LogP contribution in [0, 0.1) is 0 Å². The van der Waals surface area contributed by atoms with E-state index in [1.807, 2.05) is 30.3 Å². The average molecular weight is 455 g/mol. The van der Waals surface area contributed by atoms with Crippen LogP contribution in [0.3, 0.4) is 0 Å². The fourth-order valence-corrected chi connectivity index (χ4v) is 4.44. The lowest BCUT2D eigenvalue weighted by molar-refractivity contribution is 0.0697. The number of benzene rings is 3. The Morgan fingerprint density at radius 3 is 2.32 bits per heavy atom. The second kappa shape index (κ2) is 9.59. The van der Waals surface area contributed by atoms with Crippen LogP contribution in [0.2, 0.25) is 0 Å². The van der Waals surface area contributed by atoms with E-state index >= 15 is 0 Å². The van der Waals surface area contributed by atoms with E-state index in [0.29, 0.717) is 17.3 Å². The summed E-state index contributed by atoms with van der Waals surface area (Å²) in [5, 5.41) is 30.8. The summed E-state index contributed by atoms with van der Waals surface area (Å²) in [4.78, 5) is 11.8. The molecule has 0 radical (unpaired) electrons. The van der Waals surface area contributed by atoms with Crippen molar-refractivity contribution in [3.63, 3.8) is 0 Å². The van der Waals surface area contributed by atoms with E-state index in [4.69, 9.17) is 0 Å². The number of carboxylic acid groups (broad SMARTS) is 1. The SMILES string of the molecule is O=C(O)c1cc(-c2ccc(C3CCNCC3)cc2)cc(-n2cc(-c3ccc(CO)cc3)nn2)c1. The second-order valence-electron chi connectivity index (χ2n) is 8.62. The molecule has 34 heavy (non-hydrogen) atoms. The van der Waals surface area contributed by atoms with E-state index in [0.717, 1.165) is 48.2 Å². The molecule has 4 aromatic rings. The van der Waals surface area contributed by atoms with E-state index < -0.39 is 5.97 Å². The van der Waals surface area contributed by atoms with Gasteiger partial charge in [0.05, 0.1) is 24.1 Å². The maximum atomic E-state index is 11.8. The average Bonchev–Trinajstić information content (AvgIpc) is 3.39. The Kier molecular flexibility index (Phi) is 6.20. The number of hydrogen-bond donors (Lipinski definition) is 3. The molecule has 5 rings (SSSR count). The minimum Gasteiger partial charge on any atom is -0.478 e. The highest BCUT2D eigenvalue weighted by Crippen LogP contribution is 2.30. The van der Waals surface area contributed by atoms with E-state index in [-0.39, 0.29) is 12.2 Å². The minimum atomic E-state index is -0.991. The number of carbonyl (C=O) groups is 1.